The van der Waals surface area contributed by atoms with Gasteiger partial charge in [-0.15, -0.1) is 13.2 Å². The first kappa shape index (κ1) is 38.7. The third-order valence-corrected chi connectivity index (χ3v) is 11.6. The number of alkyl halides is 5. The van der Waals surface area contributed by atoms with E-state index in [9.17, 15) is 27.6 Å². The van der Waals surface area contributed by atoms with E-state index in [1.807, 2.05) is 18.2 Å². The minimum absolute atomic E-state index is 0.0604. The predicted molar refractivity (Wildman–Crippen MR) is 205 cm³/mol. The molecule has 4 heterocycles. The van der Waals surface area contributed by atoms with Gasteiger partial charge >= 0.3 is 6.36 Å². The highest BCUT2D eigenvalue weighted by Gasteiger charge is 2.45. The topological polar surface area (TPSA) is 96.2 Å². The Morgan fingerprint density at radius 3 is 2.46 bits per heavy atom. The molecule has 4 aromatic rings. The number of nitrogens with zero attached hydrogens (tertiary/aromatic N) is 4. The first-order valence-electron chi connectivity index (χ1n) is 19.2. The maximum Gasteiger partial charge on any atom is 0.573 e. The fourth-order valence-electron chi connectivity index (χ4n) is 8.75. The van der Waals surface area contributed by atoms with Gasteiger partial charge in [0.1, 0.15) is 11.5 Å². The Labute approximate surface area is 326 Å². The van der Waals surface area contributed by atoms with E-state index in [0.29, 0.717) is 84.5 Å². The largest absolute Gasteiger partial charge is 0.573 e. The number of hydrogen-bond donors (Lipinski definition) is 1. The minimum atomic E-state index is -4.92. The lowest BCUT2D eigenvalue weighted by atomic mass is 9.85. The Kier molecular flexibility index (Phi) is 10.4. The summed E-state index contributed by atoms with van der Waals surface area (Å²) < 4.78 is 78.6. The van der Waals surface area contributed by atoms with Gasteiger partial charge in [0.2, 0.25) is 0 Å². The van der Waals surface area contributed by atoms with E-state index in [4.69, 9.17) is 0 Å². The molecule has 1 saturated carbocycles. The maximum absolute atomic E-state index is 15.8. The van der Waals surface area contributed by atoms with Crippen molar-refractivity contribution < 1.29 is 36.3 Å². The van der Waals surface area contributed by atoms with Gasteiger partial charge in [-0.25, -0.2) is 8.78 Å². The number of nitrogens with one attached hydrogen (secondary N) is 1. The average Bonchev–Trinajstić information content (AvgIpc) is 3.65. The number of fused-ring (bicyclic) bond motifs is 2. The van der Waals surface area contributed by atoms with Crippen LogP contribution in [0, 0.1) is 0 Å². The zero-order valence-electron chi connectivity index (χ0n) is 31.4. The number of hydrogen-bond acceptors (Lipinski definition) is 8. The number of ketones is 2. The van der Waals surface area contributed by atoms with E-state index in [0.717, 1.165) is 16.7 Å². The number of anilines is 1. The minimum Gasteiger partial charge on any atom is -0.405 e. The highest BCUT2D eigenvalue weighted by atomic mass is 19.4. The molecule has 1 saturated heterocycles. The Hall–Kier alpha value is -5.21. The fourth-order valence-corrected chi connectivity index (χ4v) is 8.75. The van der Waals surface area contributed by atoms with Crippen LogP contribution in [-0.4, -0.2) is 70.1 Å². The molecule has 8 rings (SSSR count). The number of benzene rings is 3. The van der Waals surface area contributed by atoms with Gasteiger partial charge < -0.3 is 14.6 Å². The second-order valence-corrected chi connectivity index (χ2v) is 15.6. The normalized spacial score (nSPS) is 21.0. The van der Waals surface area contributed by atoms with Gasteiger partial charge in [-0.05, 0) is 71.8 Å². The zero-order valence-corrected chi connectivity index (χ0v) is 31.4. The van der Waals surface area contributed by atoms with E-state index in [1.54, 1.807) is 60.8 Å². The molecule has 1 aromatic heterocycles. The molecule has 0 radical (unpaired) electrons. The molecular formula is C43H42F5N5O4. The van der Waals surface area contributed by atoms with Crippen molar-refractivity contribution in [3.8, 4) is 16.9 Å². The number of carbonyl (C=O) groups excluding carboxylic acids is 2. The monoisotopic (exact) mass is 787 g/mol. The van der Waals surface area contributed by atoms with Crippen LogP contribution >= 0.6 is 0 Å². The molecule has 0 amide bonds. The van der Waals surface area contributed by atoms with Gasteiger partial charge in [-0.3, -0.25) is 29.2 Å². The summed E-state index contributed by atoms with van der Waals surface area (Å²) in [7, 11) is 1.60. The average molecular weight is 788 g/mol. The molecule has 0 spiro atoms. The van der Waals surface area contributed by atoms with Crippen molar-refractivity contribution in [2.75, 3.05) is 25.0 Å². The molecule has 2 unspecified atom stereocenters. The number of ether oxygens (including phenoxy) is 1. The third kappa shape index (κ3) is 8.29. The summed E-state index contributed by atoms with van der Waals surface area (Å²) in [5.74, 6) is -4.46. The van der Waals surface area contributed by atoms with Crippen LogP contribution in [0.2, 0.25) is 0 Å². The number of pyridine rings is 1. The van der Waals surface area contributed by atoms with E-state index in [-0.39, 0.29) is 48.8 Å². The highest BCUT2D eigenvalue weighted by molar-refractivity contribution is 6.05. The quantitative estimate of drug-likeness (QED) is 0.142. The molecule has 1 N–H and O–H groups in total. The number of aromatic nitrogens is 1. The van der Waals surface area contributed by atoms with Crippen molar-refractivity contribution in [3.05, 3.63) is 116 Å². The Bertz CT molecular complexity index is 2300. The van der Waals surface area contributed by atoms with E-state index in [1.165, 1.54) is 10.6 Å². The lowest BCUT2D eigenvalue weighted by Gasteiger charge is -2.39. The van der Waals surface area contributed by atoms with Gasteiger partial charge in [0.25, 0.3) is 11.5 Å². The van der Waals surface area contributed by atoms with E-state index < -0.39 is 30.8 Å². The second-order valence-electron chi connectivity index (χ2n) is 15.6. The molecule has 57 heavy (non-hydrogen) atoms. The number of aryl methyl sites for hydroxylation is 1. The van der Waals surface area contributed by atoms with Crippen molar-refractivity contribution in [3.63, 3.8) is 0 Å². The number of carbonyl (C=O) groups is 2. The van der Waals surface area contributed by atoms with Crippen LogP contribution in [0.3, 0.4) is 0 Å². The summed E-state index contributed by atoms with van der Waals surface area (Å²) in [5.41, 5.74) is 6.55. The highest BCUT2D eigenvalue weighted by Crippen LogP contribution is 2.42. The molecule has 4 aliphatic rings. The molecule has 9 nitrogen and oxygen atoms in total. The fraction of sp³-hybridized carbons (Fsp3) is 0.395. The van der Waals surface area contributed by atoms with Crippen LogP contribution in [-0.2, 0) is 49.2 Å². The third-order valence-electron chi connectivity index (χ3n) is 11.6. The molecule has 14 heteroatoms. The summed E-state index contributed by atoms with van der Waals surface area (Å²) in [6, 6.07) is 16.9. The maximum atomic E-state index is 15.8. The second kappa shape index (κ2) is 15.3. The summed E-state index contributed by atoms with van der Waals surface area (Å²) in [4.78, 5) is 44.4. The number of Topliss-reactive ketones (excluding diaryl/α,β-unsaturated/α-hetero) is 2. The summed E-state index contributed by atoms with van der Waals surface area (Å²) >= 11 is 0. The van der Waals surface area contributed by atoms with Crippen LogP contribution < -0.4 is 15.6 Å². The van der Waals surface area contributed by atoms with Crippen molar-refractivity contribution in [2.45, 2.75) is 82.5 Å². The first-order valence-corrected chi connectivity index (χ1v) is 19.2. The molecule has 2 fully saturated rings. The van der Waals surface area contributed by atoms with Crippen molar-refractivity contribution >= 4 is 23.5 Å². The zero-order chi connectivity index (χ0) is 40.1. The lowest BCUT2D eigenvalue weighted by Crippen LogP contribution is -2.47. The van der Waals surface area contributed by atoms with Crippen molar-refractivity contribution in [1.82, 2.24) is 14.4 Å². The molecule has 0 bridgehead atoms. The van der Waals surface area contributed by atoms with Gasteiger partial charge in [0.05, 0.1) is 31.5 Å². The molecule has 1 aliphatic carbocycles. The molecule has 298 valence electrons. The number of aliphatic imine (C=N–C) groups is 1. The standard InChI is InChI=1S/C43H42F5N5O4/c1-51-24-36(34-19-49-20-35(34)41(51)56)27-5-6-30(40(17-27)57-43(46,47)48)23-52-15-13-33-28(21-52)3-2-4-29(33)22-53-16-14-37(42(44,45)25-53)26-7-9-31(10-8-26)50-38-12-11-32(54)18-39(38)55/h2-10,17,19,24,37-38,50H,11-16,18,20-23,25H2,1H3. The lowest BCUT2D eigenvalue weighted by molar-refractivity contribution is -0.275. The molecular weight excluding hydrogens is 745 g/mol. The predicted octanol–water partition coefficient (Wildman–Crippen LogP) is 7.17. The number of piperidine rings is 1. The summed E-state index contributed by atoms with van der Waals surface area (Å²) in [6.45, 7) is 1.87. The Morgan fingerprint density at radius 1 is 0.912 bits per heavy atom. The van der Waals surface area contributed by atoms with Gasteiger partial charge in [-0.2, -0.15) is 0 Å². The number of halogens is 5. The molecule has 3 aromatic carbocycles. The van der Waals surface area contributed by atoms with Crippen LogP contribution in [0.1, 0.15) is 70.5 Å². The van der Waals surface area contributed by atoms with Crippen LogP contribution in [0.4, 0.5) is 27.6 Å². The van der Waals surface area contributed by atoms with Crippen LogP contribution in [0.25, 0.3) is 11.1 Å². The molecule has 2 atom stereocenters. The summed E-state index contributed by atoms with van der Waals surface area (Å²) in [5, 5.41) is 3.14. The molecule has 3 aliphatic heterocycles. The summed E-state index contributed by atoms with van der Waals surface area (Å²) in [6.07, 6.45) is -0.174. The van der Waals surface area contributed by atoms with Gasteiger partial charge in [0.15, 0.2) is 5.78 Å². The van der Waals surface area contributed by atoms with Crippen molar-refractivity contribution in [1.29, 1.82) is 0 Å². The number of likely N-dealkylation sites (tertiary alicyclic amines) is 1. The van der Waals surface area contributed by atoms with Crippen molar-refractivity contribution in [2.24, 2.45) is 12.0 Å². The number of rotatable bonds is 9. The SMILES string of the molecule is Cn1cc(-c2ccc(CN3CCc4c(cccc4CN4CCC(c5ccc(NC6CCC(=O)CC6=O)cc5)C(F)(F)C4)C3)c(OC(F)(F)F)c2)c2c(c1=O)CN=C2. The van der Waals surface area contributed by atoms with Gasteiger partial charge in [0, 0.05) is 80.0 Å². The van der Waals surface area contributed by atoms with Crippen LogP contribution in [0.15, 0.2) is 76.6 Å². The van der Waals surface area contributed by atoms with Crippen LogP contribution in [0.5, 0.6) is 5.75 Å². The Morgan fingerprint density at radius 2 is 1.70 bits per heavy atom. The van der Waals surface area contributed by atoms with Gasteiger partial charge in [-0.1, -0.05) is 42.5 Å². The smallest absolute Gasteiger partial charge is 0.405 e. The first-order chi connectivity index (χ1) is 27.2. The van der Waals surface area contributed by atoms with E-state index >= 15 is 8.78 Å². The Balaban J connectivity index is 0.926. The van der Waals surface area contributed by atoms with E-state index in [2.05, 4.69) is 19.9 Å².